The number of halogens is 2. The van der Waals surface area contributed by atoms with Gasteiger partial charge in [0.25, 0.3) is 5.91 Å². The quantitative estimate of drug-likeness (QED) is 0.801. The molecule has 0 saturated heterocycles. The summed E-state index contributed by atoms with van der Waals surface area (Å²) in [6.45, 7) is 3.78. The lowest BCUT2D eigenvalue weighted by Gasteiger charge is -2.12. The predicted octanol–water partition coefficient (Wildman–Crippen LogP) is 4.51. The van der Waals surface area contributed by atoms with E-state index in [-0.39, 0.29) is 5.91 Å². The van der Waals surface area contributed by atoms with Gasteiger partial charge in [0.15, 0.2) is 0 Å². The Morgan fingerprint density at radius 1 is 1.21 bits per heavy atom. The lowest BCUT2D eigenvalue weighted by atomic mass is 10.1. The summed E-state index contributed by atoms with van der Waals surface area (Å²) in [5, 5.41) is 2.85. The molecule has 2 aromatic rings. The first-order valence-electron chi connectivity index (χ1n) is 5.51. The van der Waals surface area contributed by atoms with Crippen LogP contribution in [0, 0.1) is 13.8 Å². The highest BCUT2D eigenvalue weighted by Crippen LogP contribution is 2.32. The Morgan fingerprint density at radius 2 is 1.79 bits per heavy atom. The molecule has 0 aliphatic rings. The minimum Gasteiger partial charge on any atom is -0.399 e. The van der Waals surface area contributed by atoms with Crippen molar-refractivity contribution in [3.8, 4) is 0 Å². The molecule has 2 rings (SSSR count). The minimum atomic E-state index is -0.274. The van der Waals surface area contributed by atoms with E-state index in [0.717, 1.165) is 16.8 Å². The van der Waals surface area contributed by atoms with Gasteiger partial charge < -0.3 is 11.1 Å². The van der Waals surface area contributed by atoms with Crippen molar-refractivity contribution in [2.24, 2.45) is 0 Å². The maximum Gasteiger partial charge on any atom is 0.258 e. The number of hydrogen-bond acceptors (Lipinski definition) is 3. The highest BCUT2D eigenvalue weighted by Gasteiger charge is 2.16. The third kappa shape index (κ3) is 3.03. The third-order valence-corrected chi connectivity index (χ3v) is 4.18. The first-order valence-corrected chi connectivity index (χ1v) is 7.08. The number of hydrogen-bond donors (Lipinski definition) is 2. The molecular weight excluding hydrogens is 303 g/mol. The van der Waals surface area contributed by atoms with Gasteiger partial charge in [0.2, 0.25) is 0 Å². The number of rotatable bonds is 2. The summed E-state index contributed by atoms with van der Waals surface area (Å²) in [5.74, 6) is -0.274. The topological polar surface area (TPSA) is 55.1 Å². The van der Waals surface area contributed by atoms with Crippen molar-refractivity contribution in [3.05, 3.63) is 43.6 Å². The second kappa shape index (κ2) is 5.41. The van der Waals surface area contributed by atoms with Gasteiger partial charge in [-0.15, -0.1) is 11.3 Å². The third-order valence-electron chi connectivity index (χ3n) is 2.69. The number of amides is 1. The van der Waals surface area contributed by atoms with Gasteiger partial charge in [-0.1, -0.05) is 23.2 Å². The van der Waals surface area contributed by atoms with Gasteiger partial charge >= 0.3 is 0 Å². The van der Waals surface area contributed by atoms with Crippen LogP contribution in [0.25, 0.3) is 0 Å². The number of benzene rings is 1. The Labute approximate surface area is 125 Å². The minimum absolute atomic E-state index is 0.274. The molecule has 0 aliphatic carbocycles. The lowest BCUT2D eigenvalue weighted by Crippen LogP contribution is -2.13. The van der Waals surface area contributed by atoms with Crippen LogP contribution >= 0.6 is 34.5 Å². The molecule has 1 aromatic heterocycles. The number of nitrogens with two attached hydrogens (primary N) is 1. The van der Waals surface area contributed by atoms with Crippen LogP contribution in [0.1, 0.15) is 21.5 Å². The molecule has 6 heteroatoms. The fourth-order valence-corrected chi connectivity index (χ4v) is 3.33. The molecule has 0 saturated carbocycles. The number of nitrogens with one attached hydrogen (secondary N) is 1. The smallest absolute Gasteiger partial charge is 0.258 e. The standard InChI is InChI=1S/C13H12Cl2N2OS/c1-6-3-8(16)4-7(2)11(6)17-13(18)9-5-10(14)19-12(9)15/h3-5H,16H2,1-2H3,(H,17,18). The van der Waals surface area contributed by atoms with Crippen LogP contribution in [0.5, 0.6) is 0 Å². The van der Waals surface area contributed by atoms with E-state index in [1.54, 1.807) is 6.07 Å². The average Bonchev–Trinajstić information content (AvgIpc) is 2.62. The molecule has 19 heavy (non-hydrogen) atoms. The molecule has 0 unspecified atom stereocenters. The van der Waals surface area contributed by atoms with Crippen molar-refractivity contribution in [2.45, 2.75) is 13.8 Å². The Hall–Kier alpha value is -1.23. The number of aryl methyl sites for hydroxylation is 2. The first-order chi connectivity index (χ1) is 8.88. The summed E-state index contributed by atoms with van der Waals surface area (Å²) in [7, 11) is 0. The SMILES string of the molecule is Cc1cc(N)cc(C)c1NC(=O)c1cc(Cl)sc1Cl. The fourth-order valence-electron chi connectivity index (χ4n) is 1.87. The van der Waals surface area contributed by atoms with Crippen LogP contribution in [0.4, 0.5) is 11.4 Å². The molecule has 1 heterocycles. The van der Waals surface area contributed by atoms with Gasteiger partial charge in [0.05, 0.1) is 9.90 Å². The molecule has 0 fully saturated rings. The Bertz CT molecular complexity index is 629. The van der Waals surface area contributed by atoms with Gasteiger partial charge in [0, 0.05) is 11.4 Å². The molecule has 1 aromatic carbocycles. The summed E-state index contributed by atoms with van der Waals surface area (Å²) < 4.78 is 0.870. The Balaban J connectivity index is 2.32. The highest BCUT2D eigenvalue weighted by molar-refractivity contribution is 7.20. The normalized spacial score (nSPS) is 10.5. The Morgan fingerprint density at radius 3 is 2.26 bits per heavy atom. The van der Waals surface area contributed by atoms with E-state index in [2.05, 4.69) is 5.32 Å². The van der Waals surface area contributed by atoms with Crippen LogP contribution in [0.2, 0.25) is 8.67 Å². The molecule has 0 aliphatic heterocycles. The number of carbonyl (C=O) groups excluding carboxylic acids is 1. The van der Waals surface area contributed by atoms with Crippen molar-refractivity contribution >= 4 is 51.8 Å². The zero-order valence-corrected chi connectivity index (χ0v) is 12.7. The predicted molar refractivity (Wildman–Crippen MR) is 82.6 cm³/mol. The van der Waals surface area contributed by atoms with E-state index < -0.39 is 0 Å². The maximum atomic E-state index is 12.2. The van der Waals surface area contributed by atoms with E-state index in [4.69, 9.17) is 28.9 Å². The summed E-state index contributed by atoms with van der Waals surface area (Å²) in [5.41, 5.74) is 9.36. The van der Waals surface area contributed by atoms with Crippen LogP contribution < -0.4 is 11.1 Å². The van der Waals surface area contributed by atoms with E-state index in [1.165, 1.54) is 11.3 Å². The summed E-state index contributed by atoms with van der Waals surface area (Å²) in [6, 6.07) is 5.18. The van der Waals surface area contributed by atoms with Gasteiger partial charge in [-0.25, -0.2) is 0 Å². The van der Waals surface area contributed by atoms with Gasteiger partial charge in [-0.2, -0.15) is 0 Å². The fraction of sp³-hybridized carbons (Fsp3) is 0.154. The first kappa shape index (κ1) is 14.2. The van der Waals surface area contributed by atoms with E-state index in [9.17, 15) is 4.79 Å². The van der Waals surface area contributed by atoms with E-state index >= 15 is 0 Å². The van der Waals surface area contributed by atoms with Crippen LogP contribution in [-0.2, 0) is 0 Å². The molecule has 0 spiro atoms. The van der Waals surface area contributed by atoms with Crippen LogP contribution in [0.3, 0.4) is 0 Å². The number of anilines is 2. The monoisotopic (exact) mass is 314 g/mol. The summed E-state index contributed by atoms with van der Waals surface area (Å²) in [4.78, 5) is 12.2. The van der Waals surface area contributed by atoms with Crippen molar-refractivity contribution in [1.29, 1.82) is 0 Å². The zero-order chi connectivity index (χ0) is 14.2. The number of thiophene rings is 1. The molecular formula is C13H12Cl2N2OS. The second-order valence-corrected chi connectivity index (χ2v) is 6.51. The maximum absolute atomic E-state index is 12.2. The van der Waals surface area contributed by atoms with E-state index in [0.29, 0.717) is 19.9 Å². The Kier molecular flexibility index (Phi) is 4.04. The number of nitrogen functional groups attached to an aromatic ring is 1. The molecule has 0 bridgehead atoms. The van der Waals surface area contributed by atoms with E-state index in [1.807, 2.05) is 26.0 Å². The largest absolute Gasteiger partial charge is 0.399 e. The van der Waals surface area contributed by atoms with Crippen molar-refractivity contribution < 1.29 is 4.79 Å². The van der Waals surface area contributed by atoms with Crippen molar-refractivity contribution in [1.82, 2.24) is 0 Å². The highest BCUT2D eigenvalue weighted by atomic mass is 35.5. The molecule has 1 amide bonds. The molecule has 3 N–H and O–H groups in total. The second-order valence-electron chi connectivity index (χ2n) is 4.22. The van der Waals surface area contributed by atoms with Crippen LogP contribution in [0.15, 0.2) is 18.2 Å². The van der Waals surface area contributed by atoms with Crippen molar-refractivity contribution in [2.75, 3.05) is 11.1 Å². The average molecular weight is 315 g/mol. The molecule has 3 nitrogen and oxygen atoms in total. The lowest BCUT2D eigenvalue weighted by molar-refractivity contribution is 0.102. The van der Waals surface area contributed by atoms with Crippen molar-refractivity contribution in [3.63, 3.8) is 0 Å². The van der Waals surface area contributed by atoms with Crippen LogP contribution in [-0.4, -0.2) is 5.91 Å². The zero-order valence-electron chi connectivity index (χ0n) is 10.4. The van der Waals surface area contributed by atoms with Gasteiger partial charge in [-0.3, -0.25) is 4.79 Å². The van der Waals surface area contributed by atoms with Gasteiger partial charge in [-0.05, 0) is 43.2 Å². The van der Waals surface area contributed by atoms with Gasteiger partial charge in [0.1, 0.15) is 4.34 Å². The molecule has 0 atom stereocenters. The molecule has 100 valence electrons. The molecule has 0 radical (unpaired) electrons. The summed E-state index contributed by atoms with van der Waals surface area (Å²) in [6.07, 6.45) is 0. The number of carbonyl (C=O) groups is 1. The summed E-state index contributed by atoms with van der Waals surface area (Å²) >= 11 is 13.0.